The van der Waals surface area contributed by atoms with E-state index in [4.69, 9.17) is 4.74 Å². The highest BCUT2D eigenvalue weighted by Gasteiger charge is 2.04. The Labute approximate surface area is 102 Å². The standard InChI is InChI=1S/C14H20N2O/c1-3-17-10-9-16(2)11-12-5-4-6-14-13(12)7-8-15-14/h4-8,15H,3,9-11H2,1-2H3. The Hall–Kier alpha value is -1.32. The summed E-state index contributed by atoms with van der Waals surface area (Å²) in [7, 11) is 2.13. The van der Waals surface area contributed by atoms with Crippen molar-refractivity contribution in [3.63, 3.8) is 0 Å². The van der Waals surface area contributed by atoms with Crippen molar-refractivity contribution in [3.8, 4) is 0 Å². The van der Waals surface area contributed by atoms with Crippen molar-refractivity contribution >= 4 is 10.9 Å². The molecule has 0 atom stereocenters. The van der Waals surface area contributed by atoms with E-state index in [2.05, 4.69) is 41.2 Å². The molecule has 1 aromatic carbocycles. The van der Waals surface area contributed by atoms with Crippen LogP contribution in [0.3, 0.4) is 0 Å². The van der Waals surface area contributed by atoms with Crippen LogP contribution in [0.2, 0.25) is 0 Å². The zero-order chi connectivity index (χ0) is 12.1. The summed E-state index contributed by atoms with van der Waals surface area (Å²) in [5.41, 5.74) is 2.57. The molecule has 0 aliphatic carbocycles. The molecule has 2 rings (SSSR count). The summed E-state index contributed by atoms with van der Waals surface area (Å²) in [4.78, 5) is 5.53. The number of aromatic nitrogens is 1. The number of likely N-dealkylation sites (N-methyl/N-ethyl adjacent to an activating group) is 1. The van der Waals surface area contributed by atoms with Gasteiger partial charge in [0.1, 0.15) is 0 Å². The molecule has 92 valence electrons. The fourth-order valence-electron chi connectivity index (χ4n) is 2.02. The molecule has 0 radical (unpaired) electrons. The van der Waals surface area contributed by atoms with Crippen molar-refractivity contribution in [1.29, 1.82) is 0 Å². The molecule has 3 heteroatoms. The molecule has 0 saturated heterocycles. The molecule has 0 bridgehead atoms. The van der Waals surface area contributed by atoms with E-state index in [1.165, 1.54) is 16.5 Å². The number of ether oxygens (including phenoxy) is 1. The van der Waals surface area contributed by atoms with Crippen LogP contribution in [-0.4, -0.2) is 36.7 Å². The molecule has 0 saturated carbocycles. The number of benzene rings is 1. The van der Waals surface area contributed by atoms with Crippen LogP contribution in [-0.2, 0) is 11.3 Å². The summed E-state index contributed by atoms with van der Waals surface area (Å²) < 4.78 is 5.37. The average Bonchev–Trinajstić information content (AvgIpc) is 2.78. The summed E-state index contributed by atoms with van der Waals surface area (Å²) in [6, 6.07) is 8.54. The van der Waals surface area contributed by atoms with Crippen molar-refractivity contribution in [1.82, 2.24) is 9.88 Å². The van der Waals surface area contributed by atoms with Gasteiger partial charge in [-0.25, -0.2) is 0 Å². The van der Waals surface area contributed by atoms with Crippen LogP contribution in [0.1, 0.15) is 12.5 Å². The smallest absolute Gasteiger partial charge is 0.0593 e. The monoisotopic (exact) mass is 232 g/mol. The summed E-state index contributed by atoms with van der Waals surface area (Å²) in [6.45, 7) is 5.55. The van der Waals surface area contributed by atoms with Gasteiger partial charge in [-0.15, -0.1) is 0 Å². The van der Waals surface area contributed by atoms with Crippen molar-refractivity contribution in [3.05, 3.63) is 36.0 Å². The normalized spacial score (nSPS) is 11.5. The van der Waals surface area contributed by atoms with E-state index >= 15 is 0 Å². The number of rotatable bonds is 6. The average molecular weight is 232 g/mol. The predicted molar refractivity (Wildman–Crippen MR) is 71.1 cm³/mol. The third-order valence-electron chi connectivity index (χ3n) is 2.95. The van der Waals surface area contributed by atoms with Gasteiger partial charge in [0.15, 0.2) is 0 Å². The van der Waals surface area contributed by atoms with E-state index in [-0.39, 0.29) is 0 Å². The lowest BCUT2D eigenvalue weighted by molar-refractivity contribution is 0.120. The first-order valence-corrected chi connectivity index (χ1v) is 6.12. The van der Waals surface area contributed by atoms with Crippen molar-refractivity contribution < 1.29 is 4.74 Å². The van der Waals surface area contributed by atoms with Crippen LogP contribution < -0.4 is 0 Å². The molecule has 0 unspecified atom stereocenters. The Morgan fingerprint density at radius 1 is 1.29 bits per heavy atom. The maximum Gasteiger partial charge on any atom is 0.0593 e. The van der Waals surface area contributed by atoms with E-state index in [1.807, 2.05) is 13.1 Å². The Balaban J connectivity index is 2.00. The number of H-pyrrole nitrogens is 1. The molecule has 0 aliphatic heterocycles. The quantitative estimate of drug-likeness (QED) is 0.775. The SMILES string of the molecule is CCOCCN(C)Cc1cccc2[nH]ccc12. The Morgan fingerprint density at radius 3 is 3.00 bits per heavy atom. The maximum atomic E-state index is 5.37. The van der Waals surface area contributed by atoms with Gasteiger partial charge in [0.2, 0.25) is 0 Å². The molecule has 1 N–H and O–H groups in total. The summed E-state index contributed by atoms with van der Waals surface area (Å²) in [6.07, 6.45) is 1.99. The van der Waals surface area contributed by atoms with E-state index in [1.54, 1.807) is 0 Å². The van der Waals surface area contributed by atoms with Crippen LogP contribution in [0.25, 0.3) is 10.9 Å². The van der Waals surface area contributed by atoms with Gasteiger partial charge in [0.05, 0.1) is 6.61 Å². The van der Waals surface area contributed by atoms with E-state index in [0.717, 1.165) is 26.3 Å². The second kappa shape index (κ2) is 5.84. The zero-order valence-electron chi connectivity index (χ0n) is 10.6. The lowest BCUT2D eigenvalue weighted by Crippen LogP contribution is -2.22. The van der Waals surface area contributed by atoms with Crippen molar-refractivity contribution in [2.75, 3.05) is 26.8 Å². The molecule has 3 nitrogen and oxygen atoms in total. The highest BCUT2D eigenvalue weighted by atomic mass is 16.5. The van der Waals surface area contributed by atoms with Gasteiger partial charge in [0.25, 0.3) is 0 Å². The number of fused-ring (bicyclic) bond motifs is 1. The largest absolute Gasteiger partial charge is 0.380 e. The Morgan fingerprint density at radius 2 is 2.18 bits per heavy atom. The van der Waals surface area contributed by atoms with Crippen LogP contribution in [0.4, 0.5) is 0 Å². The molecule has 0 spiro atoms. The molecular weight excluding hydrogens is 212 g/mol. The molecule has 2 aromatic rings. The van der Waals surface area contributed by atoms with Gasteiger partial charge in [-0.3, -0.25) is 4.90 Å². The third kappa shape index (κ3) is 3.08. The van der Waals surface area contributed by atoms with Gasteiger partial charge < -0.3 is 9.72 Å². The second-order valence-electron chi connectivity index (χ2n) is 4.29. The van der Waals surface area contributed by atoms with Crippen molar-refractivity contribution in [2.24, 2.45) is 0 Å². The Bertz CT molecular complexity index is 464. The van der Waals surface area contributed by atoms with E-state index in [0.29, 0.717) is 0 Å². The van der Waals surface area contributed by atoms with E-state index < -0.39 is 0 Å². The molecule has 1 aromatic heterocycles. The number of hydrogen-bond acceptors (Lipinski definition) is 2. The second-order valence-corrected chi connectivity index (χ2v) is 4.29. The first-order chi connectivity index (χ1) is 8.31. The predicted octanol–water partition coefficient (Wildman–Crippen LogP) is 2.64. The maximum absolute atomic E-state index is 5.37. The minimum atomic E-state index is 0.793. The molecule has 17 heavy (non-hydrogen) atoms. The highest BCUT2D eigenvalue weighted by Crippen LogP contribution is 2.18. The number of aromatic amines is 1. The first-order valence-electron chi connectivity index (χ1n) is 6.12. The van der Waals surface area contributed by atoms with Crippen molar-refractivity contribution in [2.45, 2.75) is 13.5 Å². The molecule has 1 heterocycles. The topological polar surface area (TPSA) is 28.3 Å². The van der Waals surface area contributed by atoms with Gasteiger partial charge in [0, 0.05) is 36.8 Å². The number of hydrogen-bond donors (Lipinski definition) is 1. The highest BCUT2D eigenvalue weighted by molar-refractivity contribution is 5.82. The van der Waals surface area contributed by atoms with Gasteiger partial charge in [-0.2, -0.15) is 0 Å². The van der Waals surface area contributed by atoms with E-state index in [9.17, 15) is 0 Å². The fourth-order valence-corrected chi connectivity index (χ4v) is 2.02. The van der Waals surface area contributed by atoms with Gasteiger partial charge in [-0.05, 0) is 31.7 Å². The number of nitrogens with one attached hydrogen (secondary N) is 1. The fraction of sp³-hybridized carbons (Fsp3) is 0.429. The van der Waals surface area contributed by atoms with Gasteiger partial charge >= 0.3 is 0 Å². The first kappa shape index (κ1) is 12.1. The molecule has 0 fully saturated rings. The van der Waals surface area contributed by atoms with Crippen LogP contribution in [0, 0.1) is 0 Å². The molecular formula is C14H20N2O. The Kier molecular flexibility index (Phi) is 4.18. The molecule has 0 amide bonds. The lowest BCUT2D eigenvalue weighted by Gasteiger charge is -2.17. The molecule has 0 aliphatic rings. The van der Waals surface area contributed by atoms with Gasteiger partial charge in [-0.1, -0.05) is 12.1 Å². The third-order valence-corrected chi connectivity index (χ3v) is 2.95. The summed E-state index contributed by atoms with van der Waals surface area (Å²) >= 11 is 0. The minimum absolute atomic E-state index is 0.793. The summed E-state index contributed by atoms with van der Waals surface area (Å²) in [5.74, 6) is 0. The van der Waals surface area contributed by atoms with Crippen LogP contribution in [0.15, 0.2) is 30.5 Å². The number of nitrogens with zero attached hydrogens (tertiary/aromatic N) is 1. The van der Waals surface area contributed by atoms with Crippen LogP contribution in [0.5, 0.6) is 0 Å². The minimum Gasteiger partial charge on any atom is -0.380 e. The lowest BCUT2D eigenvalue weighted by atomic mass is 10.1. The summed E-state index contributed by atoms with van der Waals surface area (Å²) in [5, 5.41) is 1.32. The van der Waals surface area contributed by atoms with Crippen LogP contribution >= 0.6 is 0 Å². The zero-order valence-corrected chi connectivity index (χ0v) is 10.6.